The zero-order valence-electron chi connectivity index (χ0n) is 9.67. The Balaban J connectivity index is 2.01. The Morgan fingerprint density at radius 2 is 2.29 bits per heavy atom. The van der Waals surface area contributed by atoms with Gasteiger partial charge in [0.2, 0.25) is 0 Å². The van der Waals surface area contributed by atoms with Crippen LogP contribution in [0.25, 0.3) is 0 Å². The highest BCUT2D eigenvalue weighted by Gasteiger charge is 2.06. The largest absolute Gasteiger partial charge is 0.399 e. The SMILES string of the molecule is Cn1ccnc1CCS(=O)c1cccc(N)c1. The number of nitrogens with two attached hydrogens (primary N) is 1. The quantitative estimate of drug-likeness (QED) is 0.832. The molecule has 0 spiro atoms. The fourth-order valence-electron chi connectivity index (χ4n) is 1.60. The van der Waals surface area contributed by atoms with Crippen LogP contribution in [0, 0.1) is 0 Å². The van der Waals surface area contributed by atoms with Gasteiger partial charge in [-0.1, -0.05) is 6.07 Å². The fourth-order valence-corrected chi connectivity index (χ4v) is 2.70. The molecule has 2 aromatic rings. The molecule has 0 aliphatic rings. The van der Waals surface area contributed by atoms with Crippen molar-refractivity contribution in [2.75, 3.05) is 11.5 Å². The number of hydrogen-bond acceptors (Lipinski definition) is 3. The summed E-state index contributed by atoms with van der Waals surface area (Å²) in [4.78, 5) is 4.98. The molecule has 2 rings (SSSR count). The number of hydrogen-bond donors (Lipinski definition) is 1. The molecule has 90 valence electrons. The molecule has 0 aliphatic carbocycles. The van der Waals surface area contributed by atoms with Gasteiger partial charge in [-0.2, -0.15) is 0 Å². The number of rotatable bonds is 4. The molecule has 5 heteroatoms. The van der Waals surface area contributed by atoms with Crippen LogP contribution in [0.4, 0.5) is 5.69 Å². The molecule has 0 saturated carbocycles. The topological polar surface area (TPSA) is 60.9 Å². The predicted molar refractivity (Wildman–Crippen MR) is 69.0 cm³/mol. The van der Waals surface area contributed by atoms with Crippen molar-refractivity contribution in [3.05, 3.63) is 42.5 Å². The van der Waals surface area contributed by atoms with Crippen LogP contribution in [0.3, 0.4) is 0 Å². The number of nitrogens with zero attached hydrogens (tertiary/aromatic N) is 2. The third kappa shape index (κ3) is 2.94. The smallest absolute Gasteiger partial charge is 0.109 e. The molecule has 1 aromatic heterocycles. The second-order valence-electron chi connectivity index (χ2n) is 3.83. The van der Waals surface area contributed by atoms with Crippen LogP contribution in [0.5, 0.6) is 0 Å². The second kappa shape index (κ2) is 5.14. The normalized spacial score (nSPS) is 12.5. The first-order chi connectivity index (χ1) is 8.16. The van der Waals surface area contributed by atoms with Gasteiger partial charge < -0.3 is 10.3 Å². The number of anilines is 1. The summed E-state index contributed by atoms with van der Waals surface area (Å²) in [6.45, 7) is 0. The number of aryl methyl sites for hydroxylation is 2. The minimum absolute atomic E-state index is 0.564. The molecule has 0 amide bonds. The summed E-state index contributed by atoms with van der Waals surface area (Å²) < 4.78 is 14.0. The molecule has 4 nitrogen and oxygen atoms in total. The highest BCUT2D eigenvalue weighted by Crippen LogP contribution is 2.12. The van der Waals surface area contributed by atoms with Crippen molar-refractivity contribution in [2.45, 2.75) is 11.3 Å². The Kier molecular flexibility index (Phi) is 3.58. The van der Waals surface area contributed by atoms with E-state index in [2.05, 4.69) is 4.98 Å². The maximum absolute atomic E-state index is 12.0. The summed E-state index contributed by atoms with van der Waals surface area (Å²) in [7, 11) is 0.916. The van der Waals surface area contributed by atoms with E-state index >= 15 is 0 Å². The van der Waals surface area contributed by atoms with Crippen molar-refractivity contribution >= 4 is 16.5 Å². The van der Waals surface area contributed by atoms with E-state index in [0.717, 1.165) is 10.7 Å². The van der Waals surface area contributed by atoms with Gasteiger partial charge in [0.1, 0.15) is 5.82 Å². The third-order valence-corrected chi connectivity index (χ3v) is 3.91. The first-order valence-electron chi connectivity index (χ1n) is 5.37. The predicted octanol–water partition coefficient (Wildman–Crippen LogP) is 1.35. The standard InChI is InChI=1S/C12H15N3OS/c1-15-7-6-14-12(15)5-8-17(16)11-4-2-3-10(13)9-11/h2-4,6-7,9H,5,8,13H2,1H3. The molecule has 0 aliphatic heterocycles. The van der Waals surface area contributed by atoms with E-state index in [-0.39, 0.29) is 0 Å². The van der Waals surface area contributed by atoms with E-state index < -0.39 is 10.8 Å². The lowest BCUT2D eigenvalue weighted by Gasteiger charge is -2.03. The Bertz CT molecular complexity index is 536. The molecule has 2 N–H and O–H groups in total. The van der Waals surface area contributed by atoms with Crippen molar-refractivity contribution < 1.29 is 4.21 Å². The monoisotopic (exact) mass is 249 g/mol. The number of aromatic nitrogens is 2. The Hall–Kier alpha value is -1.62. The Labute approximate surface area is 103 Å². The van der Waals surface area contributed by atoms with Gasteiger partial charge in [0.25, 0.3) is 0 Å². The Morgan fingerprint density at radius 1 is 1.47 bits per heavy atom. The van der Waals surface area contributed by atoms with Gasteiger partial charge in [-0.05, 0) is 18.2 Å². The molecule has 1 heterocycles. The van der Waals surface area contributed by atoms with Crippen molar-refractivity contribution in [1.29, 1.82) is 0 Å². The maximum Gasteiger partial charge on any atom is 0.109 e. The van der Waals surface area contributed by atoms with Crippen LogP contribution >= 0.6 is 0 Å². The summed E-state index contributed by atoms with van der Waals surface area (Å²) in [5.74, 6) is 1.51. The molecular formula is C12H15N3OS. The minimum atomic E-state index is -1.02. The summed E-state index contributed by atoms with van der Waals surface area (Å²) in [6, 6.07) is 7.21. The van der Waals surface area contributed by atoms with Crippen LogP contribution in [-0.4, -0.2) is 19.5 Å². The van der Waals surface area contributed by atoms with Gasteiger partial charge in [-0.3, -0.25) is 4.21 Å². The lowest BCUT2D eigenvalue weighted by molar-refractivity contribution is 0.680. The van der Waals surface area contributed by atoms with E-state index in [4.69, 9.17) is 5.73 Å². The molecule has 1 aromatic carbocycles. The Morgan fingerprint density at radius 3 is 2.94 bits per heavy atom. The van der Waals surface area contributed by atoms with E-state index in [1.54, 1.807) is 18.3 Å². The van der Waals surface area contributed by atoms with E-state index in [1.165, 1.54) is 0 Å². The van der Waals surface area contributed by atoms with Crippen LogP contribution in [0.15, 0.2) is 41.6 Å². The van der Waals surface area contributed by atoms with Gasteiger partial charge in [0.15, 0.2) is 0 Å². The van der Waals surface area contributed by atoms with Gasteiger partial charge in [0, 0.05) is 42.2 Å². The van der Waals surface area contributed by atoms with E-state index in [9.17, 15) is 4.21 Å². The lowest BCUT2D eigenvalue weighted by Crippen LogP contribution is -2.06. The third-order valence-electron chi connectivity index (χ3n) is 2.55. The maximum atomic E-state index is 12.0. The van der Waals surface area contributed by atoms with Crippen LogP contribution < -0.4 is 5.73 Å². The summed E-state index contributed by atoms with van der Waals surface area (Å²) in [6.07, 6.45) is 4.34. The minimum Gasteiger partial charge on any atom is -0.399 e. The number of nitrogen functional groups attached to an aromatic ring is 1. The number of imidazole rings is 1. The van der Waals surface area contributed by atoms with Crippen molar-refractivity contribution in [1.82, 2.24) is 9.55 Å². The molecule has 17 heavy (non-hydrogen) atoms. The highest BCUT2D eigenvalue weighted by molar-refractivity contribution is 7.85. The van der Waals surface area contributed by atoms with Crippen LogP contribution in [-0.2, 0) is 24.3 Å². The molecular weight excluding hydrogens is 234 g/mol. The van der Waals surface area contributed by atoms with Gasteiger partial charge in [-0.25, -0.2) is 4.98 Å². The van der Waals surface area contributed by atoms with Crippen molar-refractivity contribution in [3.63, 3.8) is 0 Å². The molecule has 1 atom stereocenters. The zero-order valence-corrected chi connectivity index (χ0v) is 10.5. The lowest BCUT2D eigenvalue weighted by atomic mass is 10.3. The van der Waals surface area contributed by atoms with Gasteiger partial charge >= 0.3 is 0 Å². The molecule has 0 bridgehead atoms. The first-order valence-corrected chi connectivity index (χ1v) is 6.69. The van der Waals surface area contributed by atoms with Gasteiger partial charge in [0.05, 0.1) is 10.8 Å². The van der Waals surface area contributed by atoms with Crippen molar-refractivity contribution in [2.24, 2.45) is 7.05 Å². The fraction of sp³-hybridized carbons (Fsp3) is 0.250. The summed E-state index contributed by atoms with van der Waals surface area (Å²) in [5.41, 5.74) is 6.31. The summed E-state index contributed by atoms with van der Waals surface area (Å²) in [5, 5.41) is 0. The molecule has 0 saturated heterocycles. The average molecular weight is 249 g/mol. The molecule has 0 radical (unpaired) electrons. The number of benzene rings is 1. The first kappa shape index (κ1) is 11.9. The molecule has 0 fully saturated rings. The zero-order chi connectivity index (χ0) is 12.3. The van der Waals surface area contributed by atoms with E-state index in [1.807, 2.05) is 29.9 Å². The van der Waals surface area contributed by atoms with Gasteiger partial charge in [-0.15, -0.1) is 0 Å². The van der Waals surface area contributed by atoms with Crippen LogP contribution in [0.1, 0.15) is 5.82 Å². The van der Waals surface area contributed by atoms with Crippen molar-refractivity contribution in [3.8, 4) is 0 Å². The molecule has 1 unspecified atom stereocenters. The highest BCUT2D eigenvalue weighted by atomic mass is 32.2. The van der Waals surface area contributed by atoms with Crippen LogP contribution in [0.2, 0.25) is 0 Å². The summed E-state index contributed by atoms with van der Waals surface area (Å²) >= 11 is 0. The second-order valence-corrected chi connectivity index (χ2v) is 5.40. The average Bonchev–Trinajstić information content (AvgIpc) is 2.72. The van der Waals surface area contributed by atoms with E-state index in [0.29, 0.717) is 17.9 Å².